The van der Waals surface area contributed by atoms with E-state index < -0.39 is 11.9 Å². The number of benzene rings is 3. The molecule has 0 fully saturated rings. The van der Waals surface area contributed by atoms with Crippen LogP contribution < -0.4 is 5.48 Å². The molecule has 0 aromatic heterocycles. The van der Waals surface area contributed by atoms with Gasteiger partial charge in [-0.25, -0.2) is 4.79 Å². The number of hydroxylamine groups is 1. The molecule has 202 valence electrons. The third-order valence-electron chi connectivity index (χ3n) is 7.46. The lowest BCUT2D eigenvalue weighted by Crippen LogP contribution is -2.33. The standard InChI is InChI=1S/C33H36N2O4/c1-6-9-25-10-7-8-11-27(25)31(37)39-35-30(36)21-34-38-22-23-12-14-24(15-13-23)26-16-17-28-29(20-26)33(4,5)19-18-32(28,2)3/h6-8,10-17,20-21H,1,9,18-19,22H2,2-5H3,(H,35,36). The Morgan fingerprint density at radius 2 is 1.59 bits per heavy atom. The average molecular weight is 525 g/mol. The summed E-state index contributed by atoms with van der Waals surface area (Å²) in [6, 6.07) is 21.9. The number of nitrogens with zero attached hydrogens (tertiary/aromatic N) is 1. The van der Waals surface area contributed by atoms with Crippen LogP contribution in [0.5, 0.6) is 0 Å². The fourth-order valence-electron chi connectivity index (χ4n) is 4.99. The summed E-state index contributed by atoms with van der Waals surface area (Å²) in [6.45, 7) is 13.2. The number of amides is 1. The minimum Gasteiger partial charge on any atom is -0.391 e. The lowest BCUT2D eigenvalue weighted by Gasteiger charge is -2.42. The number of carbonyl (C=O) groups excluding carboxylic acids is 2. The minimum atomic E-state index is -0.710. The molecule has 6 heteroatoms. The van der Waals surface area contributed by atoms with E-state index >= 15 is 0 Å². The van der Waals surface area contributed by atoms with Gasteiger partial charge in [0.2, 0.25) is 0 Å². The van der Waals surface area contributed by atoms with Gasteiger partial charge in [0, 0.05) is 0 Å². The average Bonchev–Trinajstić information content (AvgIpc) is 2.93. The molecule has 0 atom stereocenters. The first-order valence-corrected chi connectivity index (χ1v) is 13.2. The number of fused-ring (bicyclic) bond motifs is 1. The zero-order valence-electron chi connectivity index (χ0n) is 23.1. The minimum absolute atomic E-state index is 0.160. The summed E-state index contributed by atoms with van der Waals surface area (Å²) in [7, 11) is 0. The fraction of sp³-hybridized carbons (Fsp3) is 0.303. The van der Waals surface area contributed by atoms with Gasteiger partial charge >= 0.3 is 5.97 Å². The van der Waals surface area contributed by atoms with Crippen molar-refractivity contribution in [2.75, 3.05) is 0 Å². The maximum Gasteiger partial charge on any atom is 0.363 e. The molecule has 0 saturated carbocycles. The Balaban J connectivity index is 1.29. The second-order valence-corrected chi connectivity index (χ2v) is 11.2. The van der Waals surface area contributed by atoms with Crippen molar-refractivity contribution in [3.63, 3.8) is 0 Å². The van der Waals surface area contributed by atoms with Crippen LogP contribution in [-0.4, -0.2) is 18.1 Å². The van der Waals surface area contributed by atoms with Crippen molar-refractivity contribution in [1.82, 2.24) is 5.48 Å². The van der Waals surface area contributed by atoms with Crippen molar-refractivity contribution in [3.8, 4) is 11.1 Å². The van der Waals surface area contributed by atoms with Gasteiger partial charge in [0.1, 0.15) is 12.8 Å². The molecule has 0 unspecified atom stereocenters. The van der Waals surface area contributed by atoms with Gasteiger partial charge in [-0.3, -0.25) is 4.79 Å². The van der Waals surface area contributed by atoms with Crippen LogP contribution in [0.1, 0.15) is 73.1 Å². The zero-order valence-corrected chi connectivity index (χ0v) is 23.1. The van der Waals surface area contributed by atoms with Gasteiger partial charge in [0.05, 0.1) is 5.56 Å². The summed E-state index contributed by atoms with van der Waals surface area (Å²) >= 11 is 0. The van der Waals surface area contributed by atoms with Crippen molar-refractivity contribution in [3.05, 3.63) is 107 Å². The largest absolute Gasteiger partial charge is 0.391 e. The van der Waals surface area contributed by atoms with Crippen LogP contribution in [0.2, 0.25) is 0 Å². The van der Waals surface area contributed by atoms with Gasteiger partial charge < -0.3 is 9.68 Å². The van der Waals surface area contributed by atoms with E-state index in [1.165, 1.54) is 29.5 Å². The fourth-order valence-corrected chi connectivity index (χ4v) is 4.99. The summed E-state index contributed by atoms with van der Waals surface area (Å²) in [4.78, 5) is 34.4. The van der Waals surface area contributed by atoms with Gasteiger partial charge in [0.25, 0.3) is 5.91 Å². The molecule has 6 nitrogen and oxygen atoms in total. The summed E-state index contributed by atoms with van der Waals surface area (Å²) < 4.78 is 0. The first-order chi connectivity index (χ1) is 18.6. The monoisotopic (exact) mass is 524 g/mol. The van der Waals surface area contributed by atoms with E-state index in [4.69, 9.17) is 9.68 Å². The highest BCUT2D eigenvalue weighted by Crippen LogP contribution is 2.46. The van der Waals surface area contributed by atoms with Crippen LogP contribution in [0.4, 0.5) is 0 Å². The SMILES string of the molecule is C=CCc1ccccc1C(=O)ONC(=O)C=NOCc1ccc(-c2ccc3c(c2)C(C)(C)CCC3(C)C)cc1. The second-order valence-electron chi connectivity index (χ2n) is 11.2. The molecule has 0 bridgehead atoms. The highest BCUT2D eigenvalue weighted by Gasteiger charge is 2.36. The Hall–Kier alpha value is -4.19. The van der Waals surface area contributed by atoms with E-state index in [9.17, 15) is 9.59 Å². The quantitative estimate of drug-likeness (QED) is 0.199. The van der Waals surface area contributed by atoms with E-state index in [1.54, 1.807) is 24.3 Å². The first-order valence-electron chi connectivity index (χ1n) is 13.2. The summed E-state index contributed by atoms with van der Waals surface area (Å²) in [5.41, 5.74) is 9.67. The first kappa shape index (κ1) is 27.8. The molecule has 1 aliphatic rings. The Morgan fingerprint density at radius 1 is 0.923 bits per heavy atom. The number of allylic oxidation sites excluding steroid dienone is 1. The lowest BCUT2D eigenvalue weighted by atomic mass is 9.63. The molecule has 0 heterocycles. The molecule has 4 rings (SSSR count). The molecule has 1 N–H and O–H groups in total. The molecular formula is C33H36N2O4. The molecule has 1 amide bonds. The zero-order chi connectivity index (χ0) is 28.0. The molecule has 0 spiro atoms. The highest BCUT2D eigenvalue weighted by atomic mass is 16.7. The Bertz CT molecular complexity index is 1390. The van der Waals surface area contributed by atoms with Crippen LogP contribution >= 0.6 is 0 Å². The van der Waals surface area contributed by atoms with Gasteiger partial charge in [0.15, 0.2) is 0 Å². The van der Waals surface area contributed by atoms with Crippen LogP contribution in [-0.2, 0) is 38.3 Å². The van der Waals surface area contributed by atoms with Gasteiger partial charge in [-0.15, -0.1) is 6.58 Å². The summed E-state index contributed by atoms with van der Waals surface area (Å²) in [5.74, 6) is -1.38. The Labute approximate surface area is 230 Å². The van der Waals surface area contributed by atoms with Crippen molar-refractivity contribution >= 4 is 18.1 Å². The topological polar surface area (TPSA) is 77.0 Å². The molecule has 3 aromatic carbocycles. The van der Waals surface area contributed by atoms with Gasteiger partial charge in [-0.2, -0.15) is 5.48 Å². The highest BCUT2D eigenvalue weighted by molar-refractivity contribution is 6.25. The number of carbonyl (C=O) groups is 2. The summed E-state index contributed by atoms with van der Waals surface area (Å²) in [6.07, 6.45) is 5.50. The van der Waals surface area contributed by atoms with E-state index in [0.717, 1.165) is 22.9 Å². The normalized spacial score (nSPS) is 15.3. The second kappa shape index (κ2) is 11.7. The Kier molecular flexibility index (Phi) is 8.34. The maximum atomic E-state index is 12.3. The predicted octanol–water partition coefficient (Wildman–Crippen LogP) is 6.82. The Morgan fingerprint density at radius 3 is 2.31 bits per heavy atom. The molecule has 39 heavy (non-hydrogen) atoms. The molecule has 3 aromatic rings. The molecule has 0 aliphatic heterocycles. The third kappa shape index (κ3) is 6.63. The number of rotatable bonds is 8. The smallest absolute Gasteiger partial charge is 0.363 e. The molecule has 1 aliphatic carbocycles. The lowest BCUT2D eigenvalue weighted by molar-refractivity contribution is -0.122. The van der Waals surface area contributed by atoms with Crippen molar-refractivity contribution in [2.45, 2.75) is 64.4 Å². The van der Waals surface area contributed by atoms with E-state index in [2.05, 4.69) is 75.2 Å². The molecule has 0 radical (unpaired) electrons. The predicted molar refractivity (Wildman–Crippen MR) is 154 cm³/mol. The third-order valence-corrected chi connectivity index (χ3v) is 7.46. The van der Waals surface area contributed by atoms with Crippen LogP contribution in [0.25, 0.3) is 11.1 Å². The van der Waals surface area contributed by atoms with E-state index in [0.29, 0.717) is 12.0 Å². The van der Waals surface area contributed by atoms with Crippen LogP contribution in [0, 0.1) is 0 Å². The number of oxime groups is 1. The molecular weight excluding hydrogens is 488 g/mol. The number of hydrogen-bond donors (Lipinski definition) is 1. The number of nitrogens with one attached hydrogen (secondary N) is 1. The van der Waals surface area contributed by atoms with Crippen molar-refractivity contribution in [1.29, 1.82) is 0 Å². The van der Waals surface area contributed by atoms with Crippen LogP contribution in [0.3, 0.4) is 0 Å². The molecule has 0 saturated heterocycles. The number of hydrogen-bond acceptors (Lipinski definition) is 5. The van der Waals surface area contributed by atoms with E-state index in [1.807, 2.05) is 18.2 Å². The maximum absolute atomic E-state index is 12.3. The summed E-state index contributed by atoms with van der Waals surface area (Å²) in [5, 5.41) is 3.68. The van der Waals surface area contributed by atoms with Gasteiger partial charge in [-0.1, -0.05) is 99.6 Å². The van der Waals surface area contributed by atoms with Crippen molar-refractivity contribution < 1.29 is 19.3 Å². The van der Waals surface area contributed by atoms with Crippen molar-refractivity contribution in [2.24, 2.45) is 5.16 Å². The van der Waals surface area contributed by atoms with Gasteiger partial charge in [-0.05, 0) is 69.5 Å². The van der Waals surface area contributed by atoms with Crippen LogP contribution in [0.15, 0.2) is 84.5 Å². The van der Waals surface area contributed by atoms with E-state index in [-0.39, 0.29) is 17.4 Å².